The highest BCUT2D eigenvalue weighted by Crippen LogP contribution is 2.11. The van der Waals surface area contributed by atoms with Crippen molar-refractivity contribution in [2.45, 2.75) is 18.6 Å². The maximum Gasteiger partial charge on any atom is 0.151 e. The van der Waals surface area contributed by atoms with Crippen molar-refractivity contribution in [3.63, 3.8) is 0 Å². The molecule has 0 bridgehead atoms. The Hall–Kier alpha value is -0.420. The smallest absolute Gasteiger partial charge is 0.151 e. The van der Waals surface area contributed by atoms with Crippen molar-refractivity contribution in [1.29, 1.82) is 0 Å². The van der Waals surface area contributed by atoms with Gasteiger partial charge in [0.15, 0.2) is 5.84 Å². The zero-order chi connectivity index (χ0) is 9.40. The number of thioether (sulfide) groups is 1. The summed E-state index contributed by atoms with van der Waals surface area (Å²) in [6.07, 6.45) is 0.990. The molecule has 0 aromatic carbocycles. The fourth-order valence-corrected chi connectivity index (χ4v) is 1.49. The third-order valence-electron chi connectivity index (χ3n) is 1.39. The Morgan fingerprint density at radius 1 is 1.75 bits per heavy atom. The molecule has 4 nitrogen and oxygen atoms in total. The van der Waals surface area contributed by atoms with Gasteiger partial charge < -0.3 is 15.7 Å². The number of amidine groups is 1. The summed E-state index contributed by atoms with van der Waals surface area (Å²) in [5, 5.41) is 11.3. The van der Waals surface area contributed by atoms with Gasteiger partial charge in [-0.1, -0.05) is 5.16 Å². The van der Waals surface area contributed by atoms with Crippen LogP contribution in [-0.2, 0) is 4.74 Å². The van der Waals surface area contributed by atoms with Crippen molar-refractivity contribution in [3.05, 3.63) is 0 Å². The van der Waals surface area contributed by atoms with E-state index in [9.17, 15) is 0 Å². The molecule has 0 spiro atoms. The summed E-state index contributed by atoms with van der Waals surface area (Å²) in [4.78, 5) is 0. The second-order valence-electron chi connectivity index (χ2n) is 2.38. The number of oxime groups is 1. The topological polar surface area (TPSA) is 67.8 Å². The summed E-state index contributed by atoms with van der Waals surface area (Å²) >= 11 is 1.65. The van der Waals surface area contributed by atoms with E-state index in [2.05, 4.69) is 5.16 Å². The van der Waals surface area contributed by atoms with E-state index in [4.69, 9.17) is 15.7 Å². The Kier molecular flexibility index (Phi) is 6.99. The molecule has 0 saturated carbocycles. The van der Waals surface area contributed by atoms with Gasteiger partial charge in [0.2, 0.25) is 0 Å². The van der Waals surface area contributed by atoms with Gasteiger partial charge in [0, 0.05) is 13.7 Å². The Bertz CT molecular complexity index is 141. The largest absolute Gasteiger partial charge is 0.409 e. The van der Waals surface area contributed by atoms with E-state index in [-0.39, 0.29) is 11.1 Å². The van der Waals surface area contributed by atoms with E-state index in [1.54, 1.807) is 18.9 Å². The van der Waals surface area contributed by atoms with E-state index in [1.165, 1.54) is 0 Å². The van der Waals surface area contributed by atoms with Crippen LogP contribution in [0.5, 0.6) is 0 Å². The lowest BCUT2D eigenvalue weighted by Crippen LogP contribution is -2.23. The molecule has 0 fully saturated rings. The first-order valence-electron chi connectivity index (χ1n) is 3.80. The number of ether oxygens (including phenoxy) is 1. The van der Waals surface area contributed by atoms with Crippen LogP contribution in [0, 0.1) is 0 Å². The first kappa shape index (κ1) is 11.6. The second kappa shape index (κ2) is 7.24. The monoisotopic (exact) mass is 192 g/mol. The molecule has 1 unspecified atom stereocenters. The van der Waals surface area contributed by atoms with Crippen LogP contribution in [-0.4, -0.2) is 35.8 Å². The average Bonchev–Trinajstić information content (AvgIpc) is 2.10. The van der Waals surface area contributed by atoms with Gasteiger partial charge >= 0.3 is 0 Å². The maximum atomic E-state index is 8.33. The van der Waals surface area contributed by atoms with Gasteiger partial charge in [-0.15, -0.1) is 0 Å². The summed E-state index contributed by atoms with van der Waals surface area (Å²) in [6.45, 7) is 2.67. The molecule has 0 aliphatic rings. The van der Waals surface area contributed by atoms with Crippen LogP contribution >= 0.6 is 11.8 Å². The highest BCUT2D eigenvalue weighted by Gasteiger charge is 2.06. The van der Waals surface area contributed by atoms with E-state index < -0.39 is 0 Å². The number of nitrogens with two attached hydrogens (primary N) is 1. The minimum atomic E-state index is 0.0758. The number of hydrogen-bond donors (Lipinski definition) is 2. The molecule has 0 heterocycles. The minimum Gasteiger partial charge on any atom is -0.409 e. The van der Waals surface area contributed by atoms with Gasteiger partial charge in [-0.2, -0.15) is 11.8 Å². The molecule has 0 amide bonds. The number of nitrogens with zero attached hydrogens (tertiary/aromatic N) is 1. The van der Waals surface area contributed by atoms with Crippen molar-refractivity contribution in [1.82, 2.24) is 0 Å². The van der Waals surface area contributed by atoms with Gasteiger partial charge in [0.25, 0.3) is 0 Å². The lowest BCUT2D eigenvalue weighted by atomic mass is 10.4. The summed E-state index contributed by atoms with van der Waals surface area (Å²) in [6, 6.07) is 0. The standard InChI is InChI=1S/C7H16N2O2S/c1-6(7(8)9-10)12-5-3-4-11-2/h6,10H,3-5H2,1-2H3,(H2,8,9). The lowest BCUT2D eigenvalue weighted by molar-refractivity contribution is 0.200. The molecule has 0 saturated heterocycles. The number of hydrogen-bond acceptors (Lipinski definition) is 4. The van der Waals surface area contributed by atoms with Crippen molar-refractivity contribution < 1.29 is 9.94 Å². The predicted octanol–water partition coefficient (Wildman–Crippen LogP) is 0.891. The second-order valence-corrected chi connectivity index (χ2v) is 3.83. The predicted molar refractivity (Wildman–Crippen MR) is 51.8 cm³/mol. The van der Waals surface area contributed by atoms with Crippen LogP contribution in [0.2, 0.25) is 0 Å². The van der Waals surface area contributed by atoms with Gasteiger partial charge in [-0.3, -0.25) is 0 Å². The molecule has 0 aromatic heterocycles. The zero-order valence-corrected chi connectivity index (χ0v) is 8.30. The SMILES string of the molecule is COCCCSC(C)C(N)=NO. The number of rotatable bonds is 6. The maximum absolute atomic E-state index is 8.33. The van der Waals surface area contributed by atoms with Crippen LogP contribution in [0.15, 0.2) is 5.16 Å². The Morgan fingerprint density at radius 3 is 2.92 bits per heavy atom. The van der Waals surface area contributed by atoms with Crippen LogP contribution < -0.4 is 5.73 Å². The molecule has 12 heavy (non-hydrogen) atoms. The van der Waals surface area contributed by atoms with Crippen LogP contribution in [0.3, 0.4) is 0 Å². The Morgan fingerprint density at radius 2 is 2.42 bits per heavy atom. The molecule has 1 atom stereocenters. The number of methoxy groups -OCH3 is 1. The fraction of sp³-hybridized carbons (Fsp3) is 0.857. The molecule has 0 radical (unpaired) electrons. The fourth-order valence-electron chi connectivity index (χ4n) is 0.630. The lowest BCUT2D eigenvalue weighted by Gasteiger charge is -2.08. The highest BCUT2D eigenvalue weighted by molar-refractivity contribution is 8.00. The van der Waals surface area contributed by atoms with Crippen LogP contribution in [0.4, 0.5) is 0 Å². The summed E-state index contributed by atoms with van der Waals surface area (Å²) in [5.41, 5.74) is 5.38. The summed E-state index contributed by atoms with van der Waals surface area (Å²) in [7, 11) is 1.68. The molecule has 3 N–H and O–H groups in total. The summed E-state index contributed by atoms with van der Waals surface area (Å²) in [5.74, 6) is 1.24. The molecular formula is C7H16N2O2S. The van der Waals surface area contributed by atoms with E-state index in [1.807, 2.05) is 6.92 Å². The van der Waals surface area contributed by atoms with Crippen LogP contribution in [0.25, 0.3) is 0 Å². The Labute approximate surface area is 77.1 Å². The van der Waals surface area contributed by atoms with Crippen molar-refractivity contribution >= 4 is 17.6 Å². The van der Waals surface area contributed by atoms with Gasteiger partial charge in [-0.05, 0) is 19.1 Å². The summed E-state index contributed by atoms with van der Waals surface area (Å²) < 4.78 is 4.89. The van der Waals surface area contributed by atoms with Crippen molar-refractivity contribution in [2.24, 2.45) is 10.9 Å². The van der Waals surface area contributed by atoms with E-state index >= 15 is 0 Å². The third kappa shape index (κ3) is 5.26. The molecule has 72 valence electrons. The highest BCUT2D eigenvalue weighted by atomic mass is 32.2. The Balaban J connectivity index is 3.37. The molecule has 5 heteroatoms. The molecule has 0 aliphatic carbocycles. The quantitative estimate of drug-likeness (QED) is 0.216. The third-order valence-corrected chi connectivity index (χ3v) is 2.66. The van der Waals surface area contributed by atoms with Crippen LogP contribution in [0.1, 0.15) is 13.3 Å². The van der Waals surface area contributed by atoms with Crippen molar-refractivity contribution in [3.8, 4) is 0 Å². The van der Waals surface area contributed by atoms with Gasteiger partial charge in [0.1, 0.15) is 0 Å². The van der Waals surface area contributed by atoms with Gasteiger partial charge in [-0.25, -0.2) is 0 Å². The molecule has 0 aromatic rings. The molecule has 0 rings (SSSR count). The van der Waals surface area contributed by atoms with E-state index in [0.29, 0.717) is 0 Å². The average molecular weight is 192 g/mol. The first-order valence-corrected chi connectivity index (χ1v) is 4.85. The normalized spacial score (nSPS) is 14.7. The van der Waals surface area contributed by atoms with Gasteiger partial charge in [0.05, 0.1) is 5.25 Å². The molecular weight excluding hydrogens is 176 g/mol. The minimum absolute atomic E-state index is 0.0758. The zero-order valence-electron chi connectivity index (χ0n) is 7.49. The van der Waals surface area contributed by atoms with Crippen molar-refractivity contribution in [2.75, 3.05) is 19.5 Å². The first-order chi connectivity index (χ1) is 5.72. The molecule has 0 aliphatic heterocycles. The van der Waals surface area contributed by atoms with E-state index in [0.717, 1.165) is 18.8 Å².